The Balaban J connectivity index is 1.91. The summed E-state index contributed by atoms with van der Waals surface area (Å²) in [5, 5.41) is 21.0. The maximum Gasteiger partial charge on any atom is 0.305 e. The van der Waals surface area contributed by atoms with Gasteiger partial charge >= 0.3 is 5.97 Å². The molecule has 2 aromatic rings. The van der Waals surface area contributed by atoms with Crippen molar-refractivity contribution in [2.75, 3.05) is 6.54 Å². The summed E-state index contributed by atoms with van der Waals surface area (Å²) in [7, 11) is 0. The van der Waals surface area contributed by atoms with Crippen LogP contribution in [-0.4, -0.2) is 87.8 Å². The van der Waals surface area contributed by atoms with Gasteiger partial charge in [0.1, 0.15) is 24.2 Å². The molecule has 13 nitrogen and oxygen atoms in total. The Morgan fingerprint density at radius 1 is 0.978 bits per heavy atom. The maximum absolute atomic E-state index is 13.8. The number of aromatic nitrogens is 1. The number of fused-ring (bicyclic) bond motifs is 1. The third-order valence-electron chi connectivity index (χ3n) is 8.10. The number of aromatic amines is 1. The normalized spacial score (nSPS) is 17.4. The first-order valence-corrected chi connectivity index (χ1v) is 15.5. The monoisotopic (exact) mass is 626 g/mol. The molecule has 1 aromatic heterocycles. The van der Waals surface area contributed by atoms with E-state index < -0.39 is 60.2 Å². The highest BCUT2D eigenvalue weighted by Crippen LogP contribution is 2.21. The molecule has 13 heteroatoms. The third kappa shape index (κ3) is 9.53. The second-order valence-corrected chi connectivity index (χ2v) is 12.5. The lowest BCUT2D eigenvalue weighted by molar-refractivity contribution is -0.144. The fourth-order valence-corrected chi connectivity index (χ4v) is 5.72. The number of para-hydroxylation sites is 1. The van der Waals surface area contributed by atoms with Crippen molar-refractivity contribution >= 4 is 46.9 Å². The van der Waals surface area contributed by atoms with Crippen LogP contribution in [-0.2, 0) is 35.2 Å². The van der Waals surface area contributed by atoms with Crippen LogP contribution in [0.5, 0.6) is 0 Å². The van der Waals surface area contributed by atoms with Crippen molar-refractivity contribution in [3.8, 4) is 0 Å². The second kappa shape index (κ2) is 16.1. The predicted octanol–water partition coefficient (Wildman–Crippen LogP) is 1.47. The van der Waals surface area contributed by atoms with Gasteiger partial charge in [-0.15, -0.1) is 0 Å². The minimum absolute atomic E-state index is 0.0153. The zero-order chi connectivity index (χ0) is 33.3. The first-order chi connectivity index (χ1) is 21.3. The van der Waals surface area contributed by atoms with Crippen LogP contribution in [0.15, 0.2) is 30.5 Å². The quantitative estimate of drug-likeness (QED) is 0.152. The van der Waals surface area contributed by atoms with Gasteiger partial charge in [-0.2, -0.15) is 0 Å². The second-order valence-electron chi connectivity index (χ2n) is 12.5. The fraction of sp³-hybridized carbons (Fsp3) is 0.562. The van der Waals surface area contributed by atoms with Crippen molar-refractivity contribution in [2.24, 2.45) is 11.8 Å². The number of amides is 5. The number of carboxylic acid groups (broad SMARTS) is 1. The van der Waals surface area contributed by atoms with Crippen LogP contribution in [0.25, 0.3) is 10.9 Å². The summed E-state index contributed by atoms with van der Waals surface area (Å²) in [5.74, 6) is -3.89. The van der Waals surface area contributed by atoms with Crippen LogP contribution in [0.1, 0.15) is 65.9 Å². The minimum atomic E-state index is -1.33. The van der Waals surface area contributed by atoms with E-state index in [2.05, 4.69) is 26.3 Å². The average molecular weight is 627 g/mol. The Kier molecular flexibility index (Phi) is 12.5. The van der Waals surface area contributed by atoms with E-state index in [1.165, 1.54) is 0 Å². The number of rotatable bonds is 16. The van der Waals surface area contributed by atoms with Gasteiger partial charge in [-0.25, -0.2) is 0 Å². The topological polar surface area (TPSA) is 190 Å². The molecule has 45 heavy (non-hydrogen) atoms. The van der Waals surface area contributed by atoms with Crippen LogP contribution >= 0.6 is 0 Å². The Morgan fingerprint density at radius 2 is 1.62 bits per heavy atom. The van der Waals surface area contributed by atoms with Crippen LogP contribution < -0.4 is 21.3 Å². The molecule has 0 bridgehead atoms. The number of carboxylic acids is 1. The summed E-state index contributed by atoms with van der Waals surface area (Å²) in [6, 6.07) is 2.92. The summed E-state index contributed by atoms with van der Waals surface area (Å²) in [6.07, 6.45) is 3.38. The number of H-pyrrole nitrogens is 1. The van der Waals surface area contributed by atoms with Gasteiger partial charge in [0.25, 0.3) is 0 Å². The molecule has 2 heterocycles. The Morgan fingerprint density at radius 3 is 2.22 bits per heavy atom. The summed E-state index contributed by atoms with van der Waals surface area (Å²) in [4.78, 5) is 81.6. The van der Waals surface area contributed by atoms with Gasteiger partial charge in [0.2, 0.25) is 30.0 Å². The van der Waals surface area contributed by atoms with Crippen molar-refractivity contribution < 1.29 is 33.9 Å². The molecule has 0 aliphatic carbocycles. The average Bonchev–Trinajstić information content (AvgIpc) is 3.59. The van der Waals surface area contributed by atoms with Crippen molar-refractivity contribution in [1.82, 2.24) is 31.2 Å². The molecule has 1 fully saturated rings. The van der Waals surface area contributed by atoms with E-state index in [1.807, 2.05) is 45.0 Å². The smallest absolute Gasteiger partial charge is 0.305 e. The first-order valence-electron chi connectivity index (χ1n) is 15.5. The molecule has 0 saturated carbocycles. The number of carbonyl (C=O) groups excluding carboxylic acids is 5. The summed E-state index contributed by atoms with van der Waals surface area (Å²) >= 11 is 0. The molecule has 0 spiro atoms. The van der Waals surface area contributed by atoms with Crippen molar-refractivity contribution in [3.63, 3.8) is 0 Å². The molecule has 5 atom stereocenters. The molecule has 1 aliphatic rings. The first kappa shape index (κ1) is 35.1. The molecule has 1 aliphatic heterocycles. The van der Waals surface area contributed by atoms with Crippen molar-refractivity contribution in [3.05, 3.63) is 36.0 Å². The number of likely N-dealkylation sites (tertiary alicyclic amines) is 1. The number of hydrogen-bond donors (Lipinski definition) is 6. The lowest BCUT2D eigenvalue weighted by Crippen LogP contribution is -2.59. The summed E-state index contributed by atoms with van der Waals surface area (Å²) < 4.78 is 0. The van der Waals surface area contributed by atoms with E-state index >= 15 is 0 Å². The number of nitrogens with one attached hydrogen (secondary N) is 5. The number of nitrogens with zero attached hydrogens (tertiary/aromatic N) is 1. The van der Waals surface area contributed by atoms with Crippen LogP contribution in [0.4, 0.5) is 0 Å². The summed E-state index contributed by atoms with van der Waals surface area (Å²) in [6.45, 7) is 9.63. The van der Waals surface area contributed by atoms with Crippen molar-refractivity contribution in [1.29, 1.82) is 0 Å². The van der Waals surface area contributed by atoms with E-state index in [9.17, 15) is 33.9 Å². The Labute approximate surface area is 263 Å². The number of benzene rings is 1. The molecular formula is C32H46N6O7. The van der Waals surface area contributed by atoms with Gasteiger partial charge in [-0.3, -0.25) is 28.8 Å². The zero-order valence-corrected chi connectivity index (χ0v) is 26.6. The zero-order valence-electron chi connectivity index (χ0n) is 26.6. The van der Waals surface area contributed by atoms with Crippen LogP contribution in [0.2, 0.25) is 0 Å². The van der Waals surface area contributed by atoms with Gasteiger partial charge in [0.05, 0.1) is 6.42 Å². The third-order valence-corrected chi connectivity index (χ3v) is 8.10. The van der Waals surface area contributed by atoms with Gasteiger partial charge in [-0.05, 0) is 49.7 Å². The van der Waals surface area contributed by atoms with Gasteiger partial charge < -0.3 is 36.3 Å². The van der Waals surface area contributed by atoms with Crippen LogP contribution in [0, 0.1) is 11.8 Å². The van der Waals surface area contributed by atoms with E-state index in [4.69, 9.17) is 0 Å². The predicted molar refractivity (Wildman–Crippen MR) is 168 cm³/mol. The molecule has 0 unspecified atom stereocenters. The van der Waals surface area contributed by atoms with E-state index in [-0.39, 0.29) is 30.7 Å². The van der Waals surface area contributed by atoms with E-state index in [1.54, 1.807) is 24.9 Å². The Bertz CT molecular complexity index is 1370. The molecule has 246 valence electrons. The van der Waals surface area contributed by atoms with Gasteiger partial charge in [0.15, 0.2) is 0 Å². The molecule has 1 aromatic carbocycles. The summed E-state index contributed by atoms with van der Waals surface area (Å²) in [5.41, 5.74) is 1.55. The fourth-order valence-electron chi connectivity index (χ4n) is 5.72. The van der Waals surface area contributed by atoms with Crippen LogP contribution in [0.3, 0.4) is 0 Å². The number of aliphatic carboxylic acids is 1. The lowest BCUT2D eigenvalue weighted by Gasteiger charge is -2.29. The van der Waals surface area contributed by atoms with Gasteiger partial charge in [-0.1, -0.05) is 45.9 Å². The minimum Gasteiger partial charge on any atom is -0.481 e. The van der Waals surface area contributed by atoms with E-state index in [0.29, 0.717) is 13.0 Å². The van der Waals surface area contributed by atoms with E-state index in [0.717, 1.165) is 29.3 Å². The highest BCUT2D eigenvalue weighted by Gasteiger charge is 2.36. The standard InChI is InChI=1S/C32H46N6O7/c1-18(2)13-24(36-31(44)28(19(3)4)34-17-39)29(42)35-25(14-21-16-33-23-11-7-6-10-22(21)23)30(43)37-26(15-27(40)41)32(45)38-12-8-9-20(38)5/h6-7,10-11,16-20,24-26,28,33H,8-9,12-15H2,1-5H3,(H,34,39)(H,35,42)(H,36,44)(H,37,43)(H,40,41)/t20-,24+,25-,26-,28-/m1/s1. The highest BCUT2D eigenvalue weighted by atomic mass is 16.4. The largest absolute Gasteiger partial charge is 0.481 e. The highest BCUT2D eigenvalue weighted by molar-refractivity contribution is 5.96. The molecule has 6 N–H and O–H groups in total. The van der Waals surface area contributed by atoms with Gasteiger partial charge in [0, 0.05) is 36.1 Å². The number of hydrogen-bond acceptors (Lipinski definition) is 6. The Hall–Kier alpha value is -4.42. The molecule has 5 amide bonds. The lowest BCUT2D eigenvalue weighted by atomic mass is 9.99. The molecule has 1 saturated heterocycles. The van der Waals surface area contributed by atoms with Crippen molar-refractivity contribution in [2.45, 2.75) is 96.9 Å². The maximum atomic E-state index is 13.8. The SMILES string of the molecule is CC(C)C[C@H](NC(=O)[C@H](NC=O)C(C)C)C(=O)N[C@H](Cc1c[nH]c2ccccc12)C(=O)N[C@H](CC(=O)O)C(=O)N1CCC[C@H]1C. The molecule has 0 radical (unpaired) electrons. The molecule has 3 rings (SSSR count). The molecular weight excluding hydrogens is 580 g/mol. The number of carbonyl (C=O) groups is 6.